The molecule has 115 heavy (non-hydrogen) atoms. The van der Waals surface area contributed by atoms with Crippen molar-refractivity contribution in [2.24, 2.45) is 27.1 Å². The van der Waals surface area contributed by atoms with E-state index in [1.165, 1.54) is 21.0 Å². The Morgan fingerprint density at radius 3 is 0.878 bits per heavy atom. The maximum atomic E-state index is 12.3. The maximum Gasteiger partial charge on any atom is 0.323 e. The topological polar surface area (TPSA) is 337 Å². The molecule has 0 radical (unpaired) electrons. The smallest absolute Gasteiger partial charge is 0.323 e. The van der Waals surface area contributed by atoms with Gasteiger partial charge in [0.15, 0.2) is 48.0 Å². The normalized spacial score (nSPS) is 14.9. The summed E-state index contributed by atoms with van der Waals surface area (Å²) >= 11 is 29.7. The molecule has 0 bridgehead atoms. The van der Waals surface area contributed by atoms with Crippen LogP contribution in [0, 0.1) is 27.1 Å². The van der Waals surface area contributed by atoms with Crippen LogP contribution in [0.5, 0.6) is 0 Å². The summed E-state index contributed by atoms with van der Waals surface area (Å²) in [6.45, 7) is 48.3. The van der Waals surface area contributed by atoms with Crippen molar-refractivity contribution in [3.05, 3.63) is 0 Å². The van der Waals surface area contributed by atoms with E-state index in [-0.39, 0.29) is 170 Å². The Balaban J connectivity index is -0.000000670. The molecule has 0 aromatic heterocycles. The summed E-state index contributed by atoms with van der Waals surface area (Å²) < 4.78 is 95.1. The Morgan fingerprint density at radius 1 is 0.374 bits per heavy atom. The van der Waals surface area contributed by atoms with E-state index in [0.717, 1.165) is 19.3 Å². The number of hydrogen-bond acceptors (Lipinski definition) is 28. The third kappa shape index (κ3) is 45.5. The highest BCUT2D eigenvalue weighted by Crippen LogP contribution is 2.40. The van der Waals surface area contributed by atoms with Crippen LogP contribution in [-0.2, 0) is 133 Å². The number of esters is 10. The molecule has 0 N–H and O–H groups in total. The van der Waals surface area contributed by atoms with Gasteiger partial charge < -0.3 is 85.0 Å². The molecule has 0 aromatic carbocycles. The summed E-state index contributed by atoms with van der Waals surface area (Å²) in [5.41, 5.74) is -7.09. The van der Waals surface area contributed by atoms with Crippen LogP contribution in [0.1, 0.15) is 243 Å². The number of alkyl halides is 5. The first-order chi connectivity index (χ1) is 53.7. The first-order valence-electron chi connectivity index (χ1n) is 40.3. The summed E-state index contributed by atoms with van der Waals surface area (Å²) in [4.78, 5) is 122. The van der Waals surface area contributed by atoms with Crippen LogP contribution in [0.4, 0.5) is 0 Å². The molecule has 1 rings (SSSR count). The second-order valence-corrected chi connectivity index (χ2v) is 36.5. The lowest BCUT2D eigenvalue weighted by Gasteiger charge is -2.39. The minimum atomic E-state index is -1.99. The molecule has 1 fully saturated rings. The summed E-state index contributed by atoms with van der Waals surface area (Å²) in [6.07, 6.45) is 4.32. The van der Waals surface area contributed by atoms with Crippen LogP contribution in [0.15, 0.2) is 0 Å². The average molecular weight is 1770 g/mol. The summed E-state index contributed by atoms with van der Waals surface area (Å²) in [5, 5.41) is 0.0584. The highest BCUT2D eigenvalue weighted by Gasteiger charge is 2.50. The number of rotatable bonds is 52. The van der Waals surface area contributed by atoms with Crippen LogP contribution in [0.3, 0.4) is 0 Å². The van der Waals surface area contributed by atoms with Crippen molar-refractivity contribution >= 4 is 126 Å². The van der Waals surface area contributed by atoms with Gasteiger partial charge in [-0.2, -0.15) is 0 Å². The first kappa shape index (κ1) is 117. The Bertz CT molecular complexity index is 2620. The fraction of sp³-hybridized carbons (Fsp3) is 0.877. The van der Waals surface area contributed by atoms with Crippen molar-refractivity contribution in [2.75, 3.05) is 123 Å². The van der Waals surface area contributed by atoms with Gasteiger partial charge in [-0.05, 0) is 240 Å². The summed E-state index contributed by atoms with van der Waals surface area (Å²) in [5.74, 6) is -4.45. The predicted molar refractivity (Wildman–Crippen MR) is 445 cm³/mol. The lowest BCUT2D eigenvalue weighted by molar-refractivity contribution is -0.188. The van der Waals surface area contributed by atoms with E-state index in [1.54, 1.807) is 96.9 Å². The van der Waals surface area contributed by atoms with Gasteiger partial charge in [0.25, 0.3) is 0 Å². The maximum absolute atomic E-state index is 12.3. The standard InChI is InChI=1S/C18H35ClO5Si.C17H29ClO6.C16H29ClO6.C16H29ClO5.C14H25ClO6/c1-9-22-15(20)18(6,16(21)23-10-2)12-11-14(13-19)24-25(7,8)17(3,4)5;1-4-21-15(19)17(3,16(20)22-5-2)10-9-13(12-18)24-14-8-6-7-11-23-14;1-6-20-12(4)23-13(11-17)9-10-16(5,14(18)21-7-2)15(19)22-8-3;1-7-20-13(18)16(6,14(19)21-8-2)10-9-12(11-17)22-15(3,4)5;1-5-19-12(16)14(3,13(17)20-6-2)8-7-11(9-15)21-10-18-4/h14H,9-13H2,1-8H3;13-14H,4-12H2,1-3H3;12-13H,6-11H2,1-5H3;12H,7-11H2,1-6H3;11H,5-10H2,1-4H3/t14-;13-,14?;12?,13-;12-;11-/m00000/s1. The fourth-order valence-electron chi connectivity index (χ4n) is 10.3. The number of ether oxygens (including phenoxy) is 17. The van der Waals surface area contributed by atoms with Crippen molar-refractivity contribution in [1.29, 1.82) is 0 Å². The van der Waals surface area contributed by atoms with E-state index >= 15 is 0 Å². The molecule has 34 heteroatoms. The van der Waals surface area contributed by atoms with Gasteiger partial charge in [-0.3, -0.25) is 47.9 Å². The number of hydrogen-bond donors (Lipinski definition) is 0. The van der Waals surface area contributed by atoms with Gasteiger partial charge in [-0.25, -0.2) is 0 Å². The molecule has 1 heterocycles. The number of halogens is 5. The molecule has 1 aliphatic rings. The second-order valence-electron chi connectivity index (χ2n) is 30.2. The molecule has 7 atom stereocenters. The van der Waals surface area contributed by atoms with Crippen molar-refractivity contribution in [2.45, 2.75) is 310 Å². The van der Waals surface area contributed by atoms with E-state index in [1.807, 2.05) is 27.7 Å². The van der Waals surface area contributed by atoms with Crippen molar-refractivity contribution in [3.8, 4) is 0 Å². The largest absolute Gasteiger partial charge is 0.465 e. The summed E-state index contributed by atoms with van der Waals surface area (Å²) in [7, 11) is -0.480. The van der Waals surface area contributed by atoms with Crippen LogP contribution in [0.25, 0.3) is 0 Å². The van der Waals surface area contributed by atoms with Crippen molar-refractivity contribution < 1.29 is 133 Å². The van der Waals surface area contributed by atoms with E-state index < -0.39 is 101 Å². The van der Waals surface area contributed by atoms with Gasteiger partial charge in [-0.15, -0.1) is 58.0 Å². The minimum Gasteiger partial charge on any atom is -0.465 e. The monoisotopic (exact) mass is 1770 g/mol. The average Bonchev–Trinajstić information content (AvgIpc) is 0.855. The van der Waals surface area contributed by atoms with Gasteiger partial charge in [0, 0.05) is 49.7 Å². The van der Waals surface area contributed by atoms with Crippen LogP contribution < -0.4 is 0 Å². The van der Waals surface area contributed by atoms with Gasteiger partial charge in [-0.1, -0.05) is 20.8 Å². The van der Waals surface area contributed by atoms with Crippen molar-refractivity contribution in [1.82, 2.24) is 0 Å². The van der Waals surface area contributed by atoms with Crippen LogP contribution >= 0.6 is 58.0 Å². The van der Waals surface area contributed by atoms with Crippen molar-refractivity contribution in [3.63, 3.8) is 0 Å². The molecule has 0 spiro atoms. The highest BCUT2D eigenvalue weighted by molar-refractivity contribution is 6.74. The molecule has 0 saturated carbocycles. The second kappa shape index (κ2) is 63.1. The molecule has 2 unspecified atom stereocenters. The van der Waals surface area contributed by atoms with E-state index in [0.29, 0.717) is 57.1 Å². The zero-order chi connectivity index (χ0) is 89.5. The molecular weight excluding hydrogens is 1630 g/mol. The fourth-order valence-corrected chi connectivity index (χ4v) is 13.0. The predicted octanol–water partition coefficient (Wildman–Crippen LogP) is 15.9. The van der Waals surface area contributed by atoms with Gasteiger partial charge in [0.1, 0.15) is 6.79 Å². The van der Waals surface area contributed by atoms with E-state index in [4.69, 9.17) is 143 Å². The third-order valence-corrected chi connectivity index (χ3v) is 24.7. The quantitative estimate of drug-likeness (QED) is 0.0136. The zero-order valence-electron chi connectivity index (χ0n) is 74.3. The van der Waals surface area contributed by atoms with Gasteiger partial charge in [0.2, 0.25) is 0 Å². The SMILES string of the molecule is CCOC(=O)C(C)(CC[C@@H](CCl)OC(C)(C)C)C(=O)OCC.CCOC(=O)C(C)(CC[C@@H](CCl)OC(C)OCC)C(=O)OCC.CCOC(=O)C(C)(CC[C@@H](CCl)OC1CCCCO1)C(=O)OCC.CCOC(=O)C(C)(CC[C@@H](CCl)OCOC)C(=O)OCC.CCOC(=O)C(C)(CC[C@@H](CCl)O[Si](C)(C)C(C)(C)C)C(=O)OCC. The first-order valence-corrected chi connectivity index (χ1v) is 45.8. The molecule has 1 aliphatic heterocycles. The van der Waals surface area contributed by atoms with Crippen LogP contribution in [0.2, 0.25) is 18.1 Å². The lowest BCUT2D eigenvalue weighted by atomic mass is 9.84. The number of carbonyl (C=O) groups is 10. The Morgan fingerprint density at radius 2 is 0.643 bits per heavy atom. The Hall–Kier alpha value is -3.95. The molecule has 678 valence electrons. The molecule has 0 aliphatic carbocycles. The molecule has 0 amide bonds. The molecule has 1 saturated heterocycles. The Kier molecular flexibility index (Phi) is 64.4. The Labute approximate surface area is 714 Å². The van der Waals surface area contributed by atoms with E-state index in [2.05, 4.69) is 33.9 Å². The molecule has 0 aromatic rings. The lowest BCUT2D eigenvalue weighted by Crippen LogP contribution is -2.45. The molecular formula is C81H147Cl5O28Si. The zero-order valence-corrected chi connectivity index (χ0v) is 79.1. The number of methoxy groups -OCH3 is 1. The van der Waals surface area contributed by atoms with E-state index in [9.17, 15) is 47.9 Å². The van der Waals surface area contributed by atoms with Gasteiger partial charge in [0.05, 0.1) is 102 Å². The molecule has 28 nitrogen and oxygen atoms in total. The summed E-state index contributed by atoms with van der Waals surface area (Å²) in [6, 6.07) is 0. The van der Waals surface area contributed by atoms with Gasteiger partial charge >= 0.3 is 59.7 Å². The minimum absolute atomic E-state index is 0.0584. The highest BCUT2D eigenvalue weighted by atomic mass is 35.5. The number of carbonyl (C=O) groups excluding carboxylic acids is 10. The third-order valence-electron chi connectivity index (χ3n) is 18.4. The van der Waals surface area contributed by atoms with Crippen LogP contribution in [-0.4, -0.2) is 239 Å².